The third kappa shape index (κ3) is 5.43. The van der Waals surface area contributed by atoms with Gasteiger partial charge in [-0.25, -0.2) is 0 Å². The summed E-state index contributed by atoms with van der Waals surface area (Å²) in [6.07, 6.45) is 6.36. The zero-order chi connectivity index (χ0) is 30.2. The number of pyridine rings is 1. The fraction of sp³-hybridized carbons (Fsp3) is 0.400. The van der Waals surface area contributed by atoms with Gasteiger partial charge in [0.15, 0.2) is 0 Å². The van der Waals surface area contributed by atoms with Gasteiger partial charge in [-0.1, -0.05) is 62.7 Å². The molecular weight excluding hydrogens is 539 g/mol. The van der Waals surface area contributed by atoms with Crippen molar-refractivity contribution in [2.75, 3.05) is 6.54 Å². The van der Waals surface area contributed by atoms with Crippen molar-refractivity contribution in [3.63, 3.8) is 0 Å². The van der Waals surface area contributed by atoms with Crippen LogP contribution < -0.4 is 0 Å². The number of likely N-dealkylation sites (tertiary alicyclic amines) is 1. The first-order valence-corrected chi connectivity index (χ1v) is 15.5. The predicted octanol–water partition coefficient (Wildman–Crippen LogP) is 6.12. The van der Waals surface area contributed by atoms with Gasteiger partial charge in [0.05, 0.1) is 23.6 Å². The quantitative estimate of drug-likeness (QED) is 0.190. The monoisotopic (exact) mass is 578 g/mol. The van der Waals surface area contributed by atoms with E-state index in [1.807, 2.05) is 55.5 Å². The van der Waals surface area contributed by atoms with Crippen LogP contribution in [-0.4, -0.2) is 51.6 Å². The number of aromatic hydroxyl groups is 1. The van der Waals surface area contributed by atoms with Crippen LogP contribution in [0.4, 0.5) is 0 Å². The third-order valence-corrected chi connectivity index (χ3v) is 9.41. The molecule has 2 saturated heterocycles. The summed E-state index contributed by atoms with van der Waals surface area (Å²) in [5, 5.41) is 23.1. The number of nitrogens with zero attached hydrogens (tertiary/aromatic N) is 2. The summed E-state index contributed by atoms with van der Waals surface area (Å²) in [4.78, 5) is 33.1. The summed E-state index contributed by atoms with van der Waals surface area (Å²) < 4.78 is 6.25. The Balaban J connectivity index is 1.37. The molecule has 3 heterocycles. The Morgan fingerprint density at radius 2 is 1.84 bits per heavy atom. The largest absolute Gasteiger partial charge is 0.507 e. The van der Waals surface area contributed by atoms with Crippen molar-refractivity contribution in [2.24, 2.45) is 23.7 Å². The number of amides is 2. The minimum atomic E-state index is -1.00. The molecule has 0 spiro atoms. The molecule has 0 saturated carbocycles. The second kappa shape index (κ2) is 12.1. The van der Waals surface area contributed by atoms with E-state index in [9.17, 15) is 19.7 Å². The van der Waals surface area contributed by atoms with E-state index < -0.39 is 13.0 Å². The number of aromatic nitrogens is 1. The first-order valence-electron chi connectivity index (χ1n) is 15.5. The molecule has 1 aromatic heterocycles. The summed E-state index contributed by atoms with van der Waals surface area (Å²) in [6, 6.07) is 17.3. The van der Waals surface area contributed by atoms with E-state index in [4.69, 9.17) is 4.65 Å². The van der Waals surface area contributed by atoms with Crippen molar-refractivity contribution in [3.05, 3.63) is 83.2 Å². The van der Waals surface area contributed by atoms with Gasteiger partial charge in [-0.15, -0.1) is 0 Å². The van der Waals surface area contributed by atoms with E-state index in [1.54, 1.807) is 12.3 Å². The molecule has 1 aliphatic carbocycles. The standard InChI is InChI=1S/C35H39BN2O5/c1-4-17-38-34(40)27-19-26(21(2)3)32-28(33(27)35(38)41)20-36(42)43-31(32)15-13-23(29-11-7-8-16-37-29)18-22-12-14-30(39)25-10-6-5-9-24(22)25/h5-12,14,16,18,21,27-28,31,33,39,42H,4,13,15,17,19-20H2,1-3H3/b23-18-/t27-,28+,31-,33-/m1/s1. The van der Waals surface area contributed by atoms with Crippen LogP contribution in [0.2, 0.25) is 6.32 Å². The molecule has 0 bridgehead atoms. The highest BCUT2D eigenvalue weighted by Crippen LogP contribution is 2.52. The molecule has 0 unspecified atom stereocenters. The van der Waals surface area contributed by atoms with E-state index in [1.165, 1.54) is 10.5 Å². The Morgan fingerprint density at radius 3 is 2.56 bits per heavy atom. The predicted molar refractivity (Wildman–Crippen MR) is 169 cm³/mol. The topological polar surface area (TPSA) is 100.0 Å². The van der Waals surface area contributed by atoms with Gasteiger partial charge in [0.2, 0.25) is 11.8 Å². The van der Waals surface area contributed by atoms with Gasteiger partial charge in [-0.3, -0.25) is 19.5 Å². The van der Waals surface area contributed by atoms with Crippen LogP contribution in [0, 0.1) is 23.7 Å². The van der Waals surface area contributed by atoms with Crippen molar-refractivity contribution < 1.29 is 24.4 Å². The fourth-order valence-corrected chi connectivity index (χ4v) is 7.49. The van der Waals surface area contributed by atoms with Crippen molar-refractivity contribution in [1.82, 2.24) is 9.88 Å². The first kappa shape index (κ1) is 29.3. The fourth-order valence-electron chi connectivity index (χ4n) is 7.49. The molecule has 7 nitrogen and oxygen atoms in total. The SMILES string of the molecule is CCCN1C(=O)[C@@H]2[C@@H](CC(C(C)C)=C3[C@@H](CC/C(=C/c4ccc(O)c5ccccc45)c4ccccn4)OB(O)C[C@@H]32)C1=O. The maximum Gasteiger partial charge on any atom is 0.455 e. The lowest BCUT2D eigenvalue weighted by Gasteiger charge is -2.44. The number of hydrogen-bond acceptors (Lipinski definition) is 6. The molecule has 2 fully saturated rings. The lowest BCUT2D eigenvalue weighted by molar-refractivity contribution is -0.140. The number of hydrogen-bond donors (Lipinski definition) is 2. The van der Waals surface area contributed by atoms with Crippen molar-refractivity contribution in [2.45, 2.75) is 58.9 Å². The number of allylic oxidation sites excluding steroid dienone is 2. The van der Waals surface area contributed by atoms with Gasteiger partial charge >= 0.3 is 7.12 Å². The maximum absolute atomic E-state index is 13.6. The summed E-state index contributed by atoms with van der Waals surface area (Å²) in [6.45, 7) is 6.70. The summed E-state index contributed by atoms with van der Waals surface area (Å²) >= 11 is 0. The molecule has 8 heteroatoms. The molecule has 2 N–H and O–H groups in total. The summed E-state index contributed by atoms with van der Waals surface area (Å²) in [5.41, 5.74) is 5.14. The Morgan fingerprint density at radius 1 is 1.07 bits per heavy atom. The highest BCUT2D eigenvalue weighted by Gasteiger charge is 2.57. The van der Waals surface area contributed by atoms with Crippen molar-refractivity contribution in [1.29, 1.82) is 0 Å². The van der Waals surface area contributed by atoms with E-state index in [2.05, 4.69) is 24.9 Å². The summed E-state index contributed by atoms with van der Waals surface area (Å²) in [5.74, 6) is -0.737. The van der Waals surface area contributed by atoms with Gasteiger partial charge in [0, 0.05) is 18.1 Å². The summed E-state index contributed by atoms with van der Waals surface area (Å²) in [7, 11) is -1.00. The van der Waals surface area contributed by atoms with E-state index in [0.29, 0.717) is 32.1 Å². The molecule has 2 aliphatic heterocycles. The zero-order valence-corrected chi connectivity index (χ0v) is 25.1. The molecule has 222 valence electrons. The number of phenolic OH excluding ortho intramolecular Hbond substituents is 1. The number of imide groups is 1. The van der Waals surface area contributed by atoms with Crippen molar-refractivity contribution in [3.8, 4) is 5.75 Å². The highest BCUT2D eigenvalue weighted by molar-refractivity contribution is 6.43. The van der Waals surface area contributed by atoms with Crippen LogP contribution in [0.3, 0.4) is 0 Å². The van der Waals surface area contributed by atoms with Crippen LogP contribution in [0.5, 0.6) is 5.75 Å². The Hall–Kier alpha value is -3.75. The molecule has 6 rings (SSSR count). The third-order valence-electron chi connectivity index (χ3n) is 9.41. The minimum Gasteiger partial charge on any atom is -0.507 e. The van der Waals surface area contributed by atoms with Gasteiger partial charge in [0.1, 0.15) is 5.75 Å². The Bertz CT molecular complexity index is 1600. The van der Waals surface area contributed by atoms with Crippen LogP contribution in [-0.2, 0) is 14.2 Å². The van der Waals surface area contributed by atoms with Crippen LogP contribution in [0.25, 0.3) is 22.4 Å². The van der Waals surface area contributed by atoms with Crippen LogP contribution in [0.1, 0.15) is 57.7 Å². The molecule has 3 aromatic rings. The lowest BCUT2D eigenvalue weighted by Crippen LogP contribution is -2.46. The van der Waals surface area contributed by atoms with Crippen LogP contribution >= 0.6 is 0 Å². The zero-order valence-electron chi connectivity index (χ0n) is 25.1. The number of carbonyl (C=O) groups excluding carboxylic acids is 2. The molecule has 3 aliphatic rings. The molecule has 43 heavy (non-hydrogen) atoms. The Labute approximate surface area is 253 Å². The van der Waals surface area contributed by atoms with Gasteiger partial charge in [-0.05, 0) is 90.2 Å². The Kier molecular flexibility index (Phi) is 8.25. The van der Waals surface area contributed by atoms with E-state index >= 15 is 0 Å². The normalized spacial score (nSPS) is 24.3. The van der Waals surface area contributed by atoms with E-state index in [-0.39, 0.29) is 41.4 Å². The van der Waals surface area contributed by atoms with Crippen LogP contribution in [0.15, 0.2) is 71.9 Å². The molecule has 2 amide bonds. The molecule has 2 aromatic carbocycles. The average molecular weight is 579 g/mol. The van der Waals surface area contributed by atoms with Gasteiger partial charge < -0.3 is 14.8 Å². The molecular formula is C35H39BN2O5. The van der Waals surface area contributed by atoms with Gasteiger partial charge in [-0.2, -0.15) is 0 Å². The molecule has 0 radical (unpaired) electrons. The second-order valence-corrected chi connectivity index (χ2v) is 12.4. The highest BCUT2D eigenvalue weighted by atomic mass is 16.5. The number of rotatable bonds is 8. The average Bonchev–Trinajstić information content (AvgIpc) is 3.25. The van der Waals surface area contributed by atoms with Gasteiger partial charge in [0.25, 0.3) is 0 Å². The number of carbonyl (C=O) groups is 2. The smallest absolute Gasteiger partial charge is 0.455 e. The second-order valence-electron chi connectivity index (χ2n) is 12.4. The molecule has 4 atom stereocenters. The number of benzene rings is 2. The van der Waals surface area contributed by atoms with E-state index in [0.717, 1.165) is 39.6 Å². The minimum absolute atomic E-state index is 0.0620. The number of phenols is 1. The first-order chi connectivity index (χ1) is 20.8. The maximum atomic E-state index is 13.6. The van der Waals surface area contributed by atoms with Crippen molar-refractivity contribution >= 4 is 41.4 Å². The lowest BCUT2D eigenvalue weighted by atomic mass is 9.57. The number of fused-ring (bicyclic) bond motifs is 4.